The molecule has 1 amide bonds. The van der Waals surface area contributed by atoms with Gasteiger partial charge in [-0.2, -0.15) is 0 Å². The second-order valence-corrected chi connectivity index (χ2v) is 5.53. The summed E-state index contributed by atoms with van der Waals surface area (Å²) in [4.78, 5) is 12.1. The number of carbonyl (C=O) groups is 1. The Balaban J connectivity index is 2.07. The van der Waals surface area contributed by atoms with E-state index in [9.17, 15) is 9.18 Å². The number of amides is 1. The second kappa shape index (κ2) is 5.80. The van der Waals surface area contributed by atoms with Gasteiger partial charge in [-0.15, -0.1) is 0 Å². The maximum absolute atomic E-state index is 13.0. The Labute approximate surface area is 114 Å². The quantitative estimate of drug-likeness (QED) is 0.879. The highest BCUT2D eigenvalue weighted by molar-refractivity contribution is 9.10. The van der Waals surface area contributed by atoms with Gasteiger partial charge in [0.2, 0.25) is 0 Å². The van der Waals surface area contributed by atoms with Crippen LogP contribution >= 0.6 is 15.9 Å². The fraction of sp³-hybridized carbons (Fsp3) is 0.462. The number of carbonyl (C=O) groups excluding carboxylic acids is 1. The number of rotatable bonds is 2. The molecule has 1 aromatic carbocycles. The molecule has 1 heterocycles. The topological polar surface area (TPSA) is 41.1 Å². The number of nitrogens with one attached hydrogen (secondary N) is 2. The molecule has 0 radical (unpaired) electrons. The van der Waals surface area contributed by atoms with Crippen molar-refractivity contribution in [2.45, 2.75) is 19.4 Å². The van der Waals surface area contributed by atoms with Crippen LogP contribution in [0.25, 0.3) is 0 Å². The number of hydrogen-bond donors (Lipinski definition) is 2. The molecule has 0 spiro atoms. The molecule has 98 valence electrons. The summed E-state index contributed by atoms with van der Waals surface area (Å²) in [5.74, 6) is -0.101. The van der Waals surface area contributed by atoms with Crippen molar-refractivity contribution >= 4 is 21.8 Å². The van der Waals surface area contributed by atoms with Gasteiger partial charge in [0.25, 0.3) is 5.91 Å². The fourth-order valence-electron chi connectivity index (χ4n) is 2.15. The van der Waals surface area contributed by atoms with Crippen molar-refractivity contribution in [3.8, 4) is 0 Å². The summed E-state index contributed by atoms with van der Waals surface area (Å²) in [6, 6.07) is 4.28. The van der Waals surface area contributed by atoms with Gasteiger partial charge in [-0.25, -0.2) is 4.39 Å². The van der Waals surface area contributed by atoms with Crippen molar-refractivity contribution in [2.75, 3.05) is 13.1 Å². The highest BCUT2D eigenvalue weighted by atomic mass is 79.9. The lowest BCUT2D eigenvalue weighted by molar-refractivity contribution is 0.0913. The molecule has 1 saturated heterocycles. The zero-order valence-electron chi connectivity index (χ0n) is 10.2. The summed E-state index contributed by atoms with van der Waals surface area (Å²) < 4.78 is 13.4. The van der Waals surface area contributed by atoms with Crippen LogP contribution in [0.3, 0.4) is 0 Å². The van der Waals surface area contributed by atoms with Crippen LogP contribution in [0.4, 0.5) is 4.39 Å². The van der Waals surface area contributed by atoms with Crippen molar-refractivity contribution in [2.24, 2.45) is 5.92 Å². The Morgan fingerprint density at radius 2 is 2.33 bits per heavy atom. The van der Waals surface area contributed by atoms with Crippen molar-refractivity contribution < 1.29 is 9.18 Å². The van der Waals surface area contributed by atoms with E-state index in [-0.39, 0.29) is 17.8 Å². The lowest BCUT2D eigenvalue weighted by atomic mass is 9.95. The molecule has 0 aliphatic carbocycles. The highest BCUT2D eigenvalue weighted by Crippen LogP contribution is 2.19. The average molecular weight is 315 g/mol. The highest BCUT2D eigenvalue weighted by Gasteiger charge is 2.23. The van der Waals surface area contributed by atoms with Gasteiger partial charge in [0, 0.05) is 10.5 Å². The smallest absolute Gasteiger partial charge is 0.252 e. The standard InChI is InChI=1S/C13H16BrFN2O/c1-8-7-16-5-4-12(8)17-13(18)10-3-2-9(15)6-11(10)14/h2-3,6,8,12,16H,4-5,7H2,1H3,(H,17,18). The first-order chi connectivity index (χ1) is 8.58. The second-order valence-electron chi connectivity index (χ2n) is 4.67. The van der Waals surface area contributed by atoms with E-state index in [2.05, 4.69) is 33.5 Å². The van der Waals surface area contributed by atoms with Crippen LogP contribution in [-0.4, -0.2) is 25.0 Å². The molecule has 2 N–H and O–H groups in total. The van der Waals surface area contributed by atoms with E-state index in [1.807, 2.05) is 0 Å². The van der Waals surface area contributed by atoms with E-state index in [1.54, 1.807) is 0 Å². The lowest BCUT2D eigenvalue weighted by Gasteiger charge is -2.30. The van der Waals surface area contributed by atoms with E-state index >= 15 is 0 Å². The van der Waals surface area contributed by atoms with Crippen LogP contribution in [0.5, 0.6) is 0 Å². The third-order valence-electron chi connectivity index (χ3n) is 3.28. The van der Waals surface area contributed by atoms with E-state index in [4.69, 9.17) is 0 Å². The van der Waals surface area contributed by atoms with Crippen LogP contribution in [0.1, 0.15) is 23.7 Å². The summed E-state index contributed by atoms with van der Waals surface area (Å²) in [6.07, 6.45) is 0.922. The number of hydrogen-bond acceptors (Lipinski definition) is 2. The fourth-order valence-corrected chi connectivity index (χ4v) is 2.68. The molecule has 0 aromatic heterocycles. The molecular formula is C13H16BrFN2O. The monoisotopic (exact) mass is 314 g/mol. The maximum atomic E-state index is 13.0. The van der Waals surface area contributed by atoms with Crippen LogP contribution in [-0.2, 0) is 0 Å². The molecule has 1 aliphatic heterocycles. The van der Waals surface area contributed by atoms with Gasteiger partial charge in [-0.05, 0) is 59.6 Å². The lowest BCUT2D eigenvalue weighted by Crippen LogP contribution is -2.48. The number of benzene rings is 1. The Morgan fingerprint density at radius 3 is 3.00 bits per heavy atom. The first-order valence-corrected chi connectivity index (χ1v) is 6.84. The Bertz CT molecular complexity index is 453. The van der Waals surface area contributed by atoms with Crippen LogP contribution in [0, 0.1) is 11.7 Å². The summed E-state index contributed by atoms with van der Waals surface area (Å²) in [7, 11) is 0. The SMILES string of the molecule is CC1CNCCC1NC(=O)c1ccc(F)cc1Br. The molecule has 1 fully saturated rings. The molecule has 18 heavy (non-hydrogen) atoms. The van der Waals surface area contributed by atoms with Gasteiger partial charge < -0.3 is 10.6 Å². The van der Waals surface area contributed by atoms with E-state index in [0.717, 1.165) is 19.5 Å². The molecule has 0 bridgehead atoms. The van der Waals surface area contributed by atoms with Gasteiger partial charge in [0.15, 0.2) is 0 Å². The molecule has 1 aromatic rings. The summed E-state index contributed by atoms with van der Waals surface area (Å²) in [5, 5.41) is 6.30. The van der Waals surface area contributed by atoms with Crippen molar-refractivity contribution in [1.82, 2.24) is 10.6 Å². The minimum Gasteiger partial charge on any atom is -0.349 e. The summed E-state index contributed by atoms with van der Waals surface area (Å²) in [6.45, 7) is 3.94. The predicted molar refractivity (Wildman–Crippen MR) is 72.0 cm³/mol. The van der Waals surface area contributed by atoms with Crippen LogP contribution in [0.2, 0.25) is 0 Å². The Hall–Kier alpha value is -0.940. The van der Waals surface area contributed by atoms with Crippen molar-refractivity contribution in [1.29, 1.82) is 0 Å². The predicted octanol–water partition coefficient (Wildman–Crippen LogP) is 2.32. The maximum Gasteiger partial charge on any atom is 0.252 e. The van der Waals surface area contributed by atoms with Crippen LogP contribution < -0.4 is 10.6 Å². The Kier molecular flexibility index (Phi) is 4.35. The van der Waals surface area contributed by atoms with E-state index in [0.29, 0.717) is 16.0 Å². The first-order valence-electron chi connectivity index (χ1n) is 6.04. The third-order valence-corrected chi connectivity index (χ3v) is 3.93. The molecule has 5 heteroatoms. The first kappa shape index (κ1) is 13.5. The molecule has 3 nitrogen and oxygen atoms in total. The Morgan fingerprint density at radius 1 is 1.56 bits per heavy atom. The zero-order chi connectivity index (χ0) is 13.1. The minimum atomic E-state index is -0.353. The van der Waals surface area contributed by atoms with Gasteiger partial charge >= 0.3 is 0 Å². The zero-order valence-corrected chi connectivity index (χ0v) is 11.8. The molecule has 2 rings (SSSR count). The number of halogens is 2. The van der Waals surface area contributed by atoms with Crippen molar-refractivity contribution in [3.63, 3.8) is 0 Å². The van der Waals surface area contributed by atoms with Crippen LogP contribution in [0.15, 0.2) is 22.7 Å². The van der Waals surface area contributed by atoms with E-state index < -0.39 is 0 Å². The van der Waals surface area contributed by atoms with Gasteiger partial charge in [-0.1, -0.05) is 6.92 Å². The van der Waals surface area contributed by atoms with Gasteiger partial charge in [0.05, 0.1) is 5.56 Å². The molecular weight excluding hydrogens is 299 g/mol. The largest absolute Gasteiger partial charge is 0.349 e. The van der Waals surface area contributed by atoms with Gasteiger partial charge in [-0.3, -0.25) is 4.79 Å². The normalized spacial score (nSPS) is 23.7. The molecule has 2 atom stereocenters. The molecule has 0 saturated carbocycles. The molecule has 2 unspecified atom stereocenters. The summed E-state index contributed by atoms with van der Waals surface area (Å²) >= 11 is 3.21. The molecule has 1 aliphatic rings. The van der Waals surface area contributed by atoms with E-state index in [1.165, 1.54) is 18.2 Å². The van der Waals surface area contributed by atoms with Crippen molar-refractivity contribution in [3.05, 3.63) is 34.1 Å². The third kappa shape index (κ3) is 3.09. The minimum absolute atomic E-state index is 0.152. The average Bonchev–Trinajstić information content (AvgIpc) is 2.32. The number of piperidine rings is 1. The summed E-state index contributed by atoms with van der Waals surface area (Å²) in [5.41, 5.74) is 0.474. The van der Waals surface area contributed by atoms with Gasteiger partial charge in [0.1, 0.15) is 5.82 Å².